The second kappa shape index (κ2) is 6.89. The van der Waals surface area contributed by atoms with E-state index < -0.39 is 0 Å². The number of rotatable bonds is 7. The summed E-state index contributed by atoms with van der Waals surface area (Å²) < 4.78 is 10.7. The molecule has 1 aromatic carbocycles. The van der Waals surface area contributed by atoms with E-state index in [1.165, 1.54) is 0 Å². The van der Waals surface area contributed by atoms with Crippen LogP contribution in [0.2, 0.25) is 0 Å². The van der Waals surface area contributed by atoms with Crippen LogP contribution in [0.25, 0.3) is 0 Å². The van der Waals surface area contributed by atoms with Crippen LogP contribution in [-0.2, 0) is 19.6 Å². The van der Waals surface area contributed by atoms with Gasteiger partial charge in [0.2, 0.25) is 0 Å². The zero-order valence-corrected chi connectivity index (χ0v) is 11.1. The molecule has 102 valence electrons. The highest BCUT2D eigenvalue weighted by atomic mass is 16.5. The second-order valence-electron chi connectivity index (χ2n) is 4.34. The summed E-state index contributed by atoms with van der Waals surface area (Å²) in [4.78, 5) is 4.27. The number of hydrogen-bond donors (Lipinski definition) is 1. The third-order valence-corrected chi connectivity index (χ3v) is 2.79. The summed E-state index contributed by atoms with van der Waals surface area (Å²) in [6.07, 6.45) is 3.04. The second-order valence-corrected chi connectivity index (χ2v) is 4.34. The number of nitrogens with zero attached hydrogens (tertiary/aromatic N) is 2. The maximum absolute atomic E-state index is 5.57. The van der Waals surface area contributed by atoms with Gasteiger partial charge in [-0.15, -0.1) is 0 Å². The Morgan fingerprint density at radius 3 is 2.74 bits per heavy atom. The van der Waals surface area contributed by atoms with Gasteiger partial charge in [0.1, 0.15) is 5.75 Å². The van der Waals surface area contributed by atoms with Crippen LogP contribution in [-0.4, -0.2) is 10.1 Å². The summed E-state index contributed by atoms with van der Waals surface area (Å²) in [5.74, 6) is 2.03. The normalized spacial score (nSPS) is 10.6. The predicted molar refractivity (Wildman–Crippen MR) is 71.6 cm³/mol. The van der Waals surface area contributed by atoms with Gasteiger partial charge in [-0.1, -0.05) is 30.6 Å². The zero-order chi connectivity index (χ0) is 13.5. The van der Waals surface area contributed by atoms with Crippen LogP contribution in [0.5, 0.6) is 5.75 Å². The zero-order valence-electron chi connectivity index (χ0n) is 11.1. The highest BCUT2D eigenvalue weighted by molar-refractivity contribution is 5.27. The molecule has 0 unspecified atom stereocenters. The van der Waals surface area contributed by atoms with Crippen molar-refractivity contribution in [2.24, 2.45) is 5.73 Å². The molecule has 5 heteroatoms. The minimum absolute atomic E-state index is 0.293. The molecule has 2 aromatic rings. The first kappa shape index (κ1) is 13.5. The first-order chi connectivity index (χ1) is 9.31. The van der Waals surface area contributed by atoms with Gasteiger partial charge in [0, 0.05) is 13.0 Å². The van der Waals surface area contributed by atoms with Crippen molar-refractivity contribution in [1.82, 2.24) is 10.1 Å². The molecule has 2 N–H and O–H groups in total. The molecule has 0 fully saturated rings. The van der Waals surface area contributed by atoms with E-state index in [-0.39, 0.29) is 0 Å². The van der Waals surface area contributed by atoms with Gasteiger partial charge in [-0.05, 0) is 24.1 Å². The highest BCUT2D eigenvalue weighted by Crippen LogP contribution is 2.13. The summed E-state index contributed by atoms with van der Waals surface area (Å²) in [5.41, 5.74) is 6.61. The van der Waals surface area contributed by atoms with Gasteiger partial charge in [0.05, 0.1) is 0 Å². The fourth-order valence-electron chi connectivity index (χ4n) is 1.65. The monoisotopic (exact) mass is 261 g/mol. The van der Waals surface area contributed by atoms with E-state index in [9.17, 15) is 0 Å². The molecule has 0 spiro atoms. The number of hydrogen-bond acceptors (Lipinski definition) is 5. The van der Waals surface area contributed by atoms with E-state index >= 15 is 0 Å². The van der Waals surface area contributed by atoms with E-state index in [1.807, 2.05) is 24.3 Å². The minimum Gasteiger partial charge on any atom is -0.484 e. The van der Waals surface area contributed by atoms with Gasteiger partial charge in [0.15, 0.2) is 12.4 Å². The molecular weight excluding hydrogens is 242 g/mol. The van der Waals surface area contributed by atoms with Gasteiger partial charge in [-0.2, -0.15) is 4.98 Å². The summed E-state index contributed by atoms with van der Waals surface area (Å²) in [5, 5.41) is 3.91. The molecule has 0 atom stereocenters. The molecule has 0 aliphatic heterocycles. The molecule has 0 saturated heterocycles. The number of aryl methyl sites for hydroxylation is 1. The van der Waals surface area contributed by atoms with Crippen LogP contribution in [0.3, 0.4) is 0 Å². The van der Waals surface area contributed by atoms with Crippen LogP contribution in [0.1, 0.15) is 37.0 Å². The average Bonchev–Trinajstić information content (AvgIpc) is 2.91. The van der Waals surface area contributed by atoms with Crippen molar-refractivity contribution >= 4 is 0 Å². The molecule has 1 heterocycles. The first-order valence-corrected chi connectivity index (χ1v) is 6.55. The Morgan fingerprint density at radius 1 is 1.26 bits per heavy atom. The Labute approximate surface area is 112 Å². The molecule has 0 amide bonds. The quantitative estimate of drug-likeness (QED) is 0.828. The van der Waals surface area contributed by atoms with Gasteiger partial charge in [-0.3, -0.25) is 0 Å². The van der Waals surface area contributed by atoms with E-state index in [2.05, 4.69) is 17.1 Å². The van der Waals surface area contributed by atoms with Crippen molar-refractivity contribution in [3.05, 3.63) is 41.5 Å². The Balaban J connectivity index is 1.85. The summed E-state index contributed by atoms with van der Waals surface area (Å²) in [6, 6.07) is 7.65. The van der Waals surface area contributed by atoms with Crippen molar-refractivity contribution in [2.75, 3.05) is 0 Å². The molecule has 19 heavy (non-hydrogen) atoms. The van der Waals surface area contributed by atoms with Crippen LogP contribution in [0.4, 0.5) is 0 Å². The van der Waals surface area contributed by atoms with Gasteiger partial charge in [0.25, 0.3) is 5.89 Å². The average molecular weight is 261 g/mol. The number of benzene rings is 1. The third kappa shape index (κ3) is 4.06. The number of nitrogens with two attached hydrogens (primary N) is 1. The maximum atomic E-state index is 5.57. The Bertz CT molecular complexity index is 494. The maximum Gasteiger partial charge on any atom is 0.264 e. The summed E-state index contributed by atoms with van der Waals surface area (Å²) in [7, 11) is 0. The Morgan fingerprint density at radius 2 is 2.05 bits per heavy atom. The lowest BCUT2D eigenvalue weighted by Gasteiger charge is -2.03. The molecule has 5 nitrogen and oxygen atoms in total. The molecule has 0 aliphatic carbocycles. The predicted octanol–water partition coefficient (Wildman–Crippen LogP) is 2.45. The molecule has 0 aliphatic rings. The molecule has 2 rings (SSSR count). The van der Waals surface area contributed by atoms with Crippen molar-refractivity contribution < 1.29 is 9.26 Å². The smallest absolute Gasteiger partial charge is 0.264 e. The SMILES string of the molecule is CCCCc1noc(COc2ccc(CN)cc2)n1. The van der Waals surface area contributed by atoms with Gasteiger partial charge in [-0.25, -0.2) is 0 Å². The van der Waals surface area contributed by atoms with E-state index in [0.29, 0.717) is 19.0 Å². The van der Waals surface area contributed by atoms with Gasteiger partial charge >= 0.3 is 0 Å². The van der Waals surface area contributed by atoms with E-state index in [4.69, 9.17) is 15.0 Å². The summed E-state index contributed by atoms with van der Waals surface area (Å²) >= 11 is 0. The molecule has 1 aromatic heterocycles. The topological polar surface area (TPSA) is 74.2 Å². The lowest BCUT2D eigenvalue weighted by molar-refractivity contribution is 0.242. The van der Waals surface area contributed by atoms with Crippen LogP contribution in [0, 0.1) is 0 Å². The van der Waals surface area contributed by atoms with Gasteiger partial charge < -0.3 is 15.0 Å². The van der Waals surface area contributed by atoms with E-state index in [0.717, 1.165) is 36.4 Å². The lowest BCUT2D eigenvalue weighted by Crippen LogP contribution is -1.98. The number of unbranched alkanes of at least 4 members (excludes halogenated alkanes) is 1. The lowest BCUT2D eigenvalue weighted by atomic mass is 10.2. The fourth-order valence-corrected chi connectivity index (χ4v) is 1.65. The molecular formula is C14H19N3O2. The van der Waals surface area contributed by atoms with Crippen molar-refractivity contribution in [3.63, 3.8) is 0 Å². The standard InChI is InChI=1S/C14H19N3O2/c1-2-3-4-13-16-14(19-17-13)10-18-12-7-5-11(9-15)6-8-12/h5-8H,2-4,9-10,15H2,1H3. The third-order valence-electron chi connectivity index (χ3n) is 2.79. The molecule has 0 saturated carbocycles. The molecule has 0 bridgehead atoms. The van der Waals surface area contributed by atoms with Crippen LogP contribution >= 0.6 is 0 Å². The molecule has 0 radical (unpaired) electrons. The van der Waals surface area contributed by atoms with Crippen molar-refractivity contribution in [1.29, 1.82) is 0 Å². The fraction of sp³-hybridized carbons (Fsp3) is 0.429. The van der Waals surface area contributed by atoms with Crippen molar-refractivity contribution in [3.8, 4) is 5.75 Å². The largest absolute Gasteiger partial charge is 0.484 e. The van der Waals surface area contributed by atoms with Crippen LogP contribution in [0.15, 0.2) is 28.8 Å². The minimum atomic E-state index is 0.293. The highest BCUT2D eigenvalue weighted by Gasteiger charge is 2.06. The Kier molecular flexibility index (Phi) is 4.92. The Hall–Kier alpha value is -1.88. The number of ether oxygens (including phenoxy) is 1. The first-order valence-electron chi connectivity index (χ1n) is 6.55. The van der Waals surface area contributed by atoms with E-state index in [1.54, 1.807) is 0 Å². The number of aromatic nitrogens is 2. The van der Waals surface area contributed by atoms with Crippen molar-refractivity contribution in [2.45, 2.75) is 39.3 Å². The summed E-state index contributed by atoms with van der Waals surface area (Å²) in [6.45, 7) is 2.96. The van der Waals surface area contributed by atoms with Crippen LogP contribution < -0.4 is 10.5 Å².